The van der Waals surface area contributed by atoms with Crippen LogP contribution in [-0.4, -0.2) is 68.2 Å². The van der Waals surface area contributed by atoms with Crippen molar-refractivity contribution in [2.75, 3.05) is 19.8 Å². The molecule has 2 aromatic heterocycles. The Labute approximate surface area is 219 Å². The molecule has 0 spiro atoms. The van der Waals surface area contributed by atoms with Crippen molar-refractivity contribution in [3.05, 3.63) is 45.5 Å². The molecule has 1 N–H and O–H groups in total. The number of aromatic nitrogens is 3. The number of carbonyl (C=O) groups is 3. The van der Waals surface area contributed by atoms with Gasteiger partial charge in [-0.2, -0.15) is 18.3 Å². The van der Waals surface area contributed by atoms with Crippen LogP contribution >= 0.6 is 23.2 Å². The molecular formula is C23H23Cl2F3N4O5. The number of nitrogens with zero attached hydrogens (tertiary/aromatic N) is 4. The van der Waals surface area contributed by atoms with Crippen molar-refractivity contribution >= 4 is 40.9 Å². The molecule has 37 heavy (non-hydrogen) atoms. The van der Waals surface area contributed by atoms with E-state index >= 15 is 0 Å². The number of carbonyl (C=O) groups excluding carboxylic acids is 2. The number of aliphatic carboxylic acids is 1. The first-order valence-electron chi connectivity index (χ1n) is 11.6. The molecule has 0 bridgehead atoms. The molecule has 1 saturated heterocycles. The first-order valence-corrected chi connectivity index (χ1v) is 12.3. The molecule has 0 aromatic carbocycles. The molecule has 1 aliphatic carbocycles. The number of hydrogen-bond donors (Lipinski definition) is 1. The molecule has 1 saturated carbocycles. The van der Waals surface area contributed by atoms with Crippen LogP contribution in [0, 0.1) is 5.92 Å². The van der Waals surface area contributed by atoms with Crippen LogP contribution in [0.4, 0.5) is 13.2 Å². The highest BCUT2D eigenvalue weighted by molar-refractivity contribution is 6.39. The second kappa shape index (κ2) is 11.0. The number of amides is 1. The number of Topliss-reactive ketones (excluding diaryl/α,β-unsaturated/α-hetero) is 1. The van der Waals surface area contributed by atoms with E-state index in [2.05, 4.69) is 10.1 Å². The van der Waals surface area contributed by atoms with E-state index in [-0.39, 0.29) is 54.5 Å². The van der Waals surface area contributed by atoms with Crippen LogP contribution in [-0.2, 0) is 15.7 Å². The van der Waals surface area contributed by atoms with Crippen LogP contribution in [0.15, 0.2) is 18.6 Å². The average molecular weight is 563 g/mol. The predicted octanol–water partition coefficient (Wildman–Crippen LogP) is 4.53. The van der Waals surface area contributed by atoms with E-state index in [1.165, 1.54) is 12.4 Å². The number of carboxylic acid groups (broad SMARTS) is 1. The Kier molecular flexibility index (Phi) is 8.10. The quantitative estimate of drug-likeness (QED) is 0.493. The zero-order valence-electron chi connectivity index (χ0n) is 19.4. The van der Waals surface area contributed by atoms with Crippen molar-refractivity contribution in [2.24, 2.45) is 5.92 Å². The lowest BCUT2D eigenvalue weighted by Crippen LogP contribution is -2.44. The van der Waals surface area contributed by atoms with Crippen molar-refractivity contribution in [2.45, 2.75) is 50.4 Å². The number of halogens is 5. The third-order valence-corrected chi connectivity index (χ3v) is 7.31. The molecule has 1 unspecified atom stereocenters. The van der Waals surface area contributed by atoms with Gasteiger partial charge >= 0.3 is 12.1 Å². The maximum Gasteiger partial charge on any atom is 0.433 e. The van der Waals surface area contributed by atoms with Gasteiger partial charge in [-0.25, -0.2) is 0 Å². The maximum atomic E-state index is 14.3. The molecule has 1 aliphatic heterocycles. The first kappa shape index (κ1) is 27.3. The minimum Gasteiger partial charge on any atom is -0.481 e. The van der Waals surface area contributed by atoms with E-state index in [0.717, 1.165) is 15.8 Å². The standard InChI is InChI=1S/C23H23Cl2F3N4O5/c24-16-8-29-9-17(25)19(16)18(33)10-31(14-5-6-37-11-14)21(34)15-7-30-32(20(15)23(26,27)28)13-3-1-12(2-4-13)22(35)36/h7-9,12-14H,1-6,10-11H2,(H,35,36)/t12-,13-,14?. The molecule has 200 valence electrons. The zero-order valence-corrected chi connectivity index (χ0v) is 20.9. The van der Waals surface area contributed by atoms with Crippen molar-refractivity contribution in [1.29, 1.82) is 0 Å². The molecule has 2 aliphatic rings. The lowest BCUT2D eigenvalue weighted by atomic mass is 9.86. The summed E-state index contributed by atoms with van der Waals surface area (Å²) in [4.78, 5) is 42.7. The van der Waals surface area contributed by atoms with E-state index in [0.29, 0.717) is 6.42 Å². The smallest absolute Gasteiger partial charge is 0.433 e. The van der Waals surface area contributed by atoms with Gasteiger partial charge in [0.15, 0.2) is 11.5 Å². The number of ether oxygens (including phenoxy) is 1. The van der Waals surface area contributed by atoms with Gasteiger partial charge in [0.2, 0.25) is 0 Å². The fourth-order valence-corrected chi connectivity index (χ4v) is 5.42. The van der Waals surface area contributed by atoms with Crippen LogP contribution in [0.3, 0.4) is 0 Å². The van der Waals surface area contributed by atoms with Crippen molar-refractivity contribution in [3.8, 4) is 0 Å². The summed E-state index contributed by atoms with van der Waals surface area (Å²) in [5.74, 6) is -3.30. The highest BCUT2D eigenvalue weighted by atomic mass is 35.5. The van der Waals surface area contributed by atoms with Crippen LogP contribution in [0.1, 0.15) is 64.6 Å². The van der Waals surface area contributed by atoms with Gasteiger partial charge in [-0.1, -0.05) is 23.2 Å². The van der Waals surface area contributed by atoms with Crippen molar-refractivity contribution in [3.63, 3.8) is 0 Å². The van der Waals surface area contributed by atoms with Gasteiger partial charge in [0.05, 0.1) is 58.5 Å². The van der Waals surface area contributed by atoms with Crippen LogP contribution < -0.4 is 0 Å². The number of carboxylic acids is 1. The molecule has 3 heterocycles. The molecule has 1 atom stereocenters. The van der Waals surface area contributed by atoms with Gasteiger partial charge in [-0.05, 0) is 32.1 Å². The Morgan fingerprint density at radius 1 is 1.08 bits per heavy atom. The molecular weight excluding hydrogens is 540 g/mol. The summed E-state index contributed by atoms with van der Waals surface area (Å²) < 4.78 is 48.9. The van der Waals surface area contributed by atoms with Crippen molar-refractivity contribution < 1.29 is 37.4 Å². The van der Waals surface area contributed by atoms with Gasteiger partial charge in [-0.15, -0.1) is 0 Å². The summed E-state index contributed by atoms with van der Waals surface area (Å²) >= 11 is 12.1. The molecule has 1 amide bonds. The van der Waals surface area contributed by atoms with E-state index in [9.17, 15) is 32.7 Å². The fraction of sp³-hybridized carbons (Fsp3) is 0.522. The third-order valence-electron chi connectivity index (χ3n) is 6.74. The summed E-state index contributed by atoms with van der Waals surface area (Å²) in [6, 6.07) is -1.36. The minimum absolute atomic E-state index is 0.0471. The predicted molar refractivity (Wildman–Crippen MR) is 125 cm³/mol. The Morgan fingerprint density at radius 3 is 2.27 bits per heavy atom. The van der Waals surface area contributed by atoms with E-state index in [1.807, 2.05) is 0 Å². The molecule has 2 fully saturated rings. The van der Waals surface area contributed by atoms with E-state index in [4.69, 9.17) is 27.9 Å². The SMILES string of the molecule is O=C(CN(C(=O)c1cnn([C@H]2CC[C@H](C(=O)O)CC2)c1C(F)(F)F)C1CCOC1)c1c(Cl)cncc1Cl. The monoisotopic (exact) mass is 562 g/mol. The van der Waals surface area contributed by atoms with Gasteiger partial charge in [-0.3, -0.25) is 24.0 Å². The van der Waals surface area contributed by atoms with Gasteiger partial charge in [0, 0.05) is 19.0 Å². The second-order valence-electron chi connectivity index (χ2n) is 9.04. The number of pyridine rings is 1. The largest absolute Gasteiger partial charge is 0.481 e. The molecule has 2 aromatic rings. The lowest BCUT2D eigenvalue weighted by molar-refractivity contribution is -0.147. The molecule has 0 radical (unpaired) electrons. The normalized spacial score (nSPS) is 22.1. The first-order chi connectivity index (χ1) is 17.5. The Morgan fingerprint density at radius 2 is 1.73 bits per heavy atom. The molecule has 9 nitrogen and oxygen atoms in total. The summed E-state index contributed by atoms with van der Waals surface area (Å²) in [6.07, 6.45) is -0.584. The minimum atomic E-state index is -4.93. The van der Waals surface area contributed by atoms with E-state index < -0.39 is 59.6 Å². The van der Waals surface area contributed by atoms with Crippen LogP contribution in [0.5, 0.6) is 0 Å². The van der Waals surface area contributed by atoms with Gasteiger partial charge < -0.3 is 14.7 Å². The number of rotatable bonds is 7. The Bertz CT molecular complexity index is 1170. The second-order valence-corrected chi connectivity index (χ2v) is 9.86. The summed E-state index contributed by atoms with van der Waals surface area (Å²) in [5.41, 5.74) is -2.01. The number of ketones is 1. The molecule has 14 heteroatoms. The summed E-state index contributed by atoms with van der Waals surface area (Å²) in [5, 5.41) is 13.0. The third kappa shape index (κ3) is 5.75. The average Bonchev–Trinajstić information content (AvgIpc) is 3.52. The highest BCUT2D eigenvalue weighted by Gasteiger charge is 2.44. The number of hydrogen-bond acceptors (Lipinski definition) is 6. The number of alkyl halides is 3. The Balaban J connectivity index is 1.67. The van der Waals surface area contributed by atoms with E-state index in [1.54, 1.807) is 0 Å². The fourth-order valence-electron chi connectivity index (χ4n) is 4.85. The highest BCUT2D eigenvalue weighted by Crippen LogP contribution is 2.39. The molecule has 4 rings (SSSR count). The zero-order chi connectivity index (χ0) is 26.9. The summed E-state index contributed by atoms with van der Waals surface area (Å²) in [6.45, 7) is -0.258. The van der Waals surface area contributed by atoms with Gasteiger partial charge in [0.1, 0.15) is 0 Å². The topological polar surface area (TPSA) is 115 Å². The lowest BCUT2D eigenvalue weighted by Gasteiger charge is -2.29. The van der Waals surface area contributed by atoms with Crippen LogP contribution in [0.2, 0.25) is 10.0 Å². The maximum absolute atomic E-state index is 14.3. The van der Waals surface area contributed by atoms with Gasteiger partial charge in [0.25, 0.3) is 5.91 Å². The summed E-state index contributed by atoms with van der Waals surface area (Å²) in [7, 11) is 0. The Hall–Kier alpha value is -2.70. The van der Waals surface area contributed by atoms with Crippen molar-refractivity contribution in [1.82, 2.24) is 19.7 Å². The van der Waals surface area contributed by atoms with Crippen LogP contribution in [0.25, 0.3) is 0 Å².